The van der Waals surface area contributed by atoms with Crippen molar-refractivity contribution in [3.63, 3.8) is 0 Å². The van der Waals surface area contributed by atoms with Crippen molar-refractivity contribution >= 4 is 40.7 Å². The van der Waals surface area contributed by atoms with Crippen molar-refractivity contribution in [1.29, 1.82) is 0 Å². The van der Waals surface area contributed by atoms with Crippen LogP contribution in [0.4, 0.5) is 14.5 Å². The Balaban J connectivity index is 1.95. The van der Waals surface area contributed by atoms with Gasteiger partial charge in [-0.15, -0.1) is 0 Å². The molecule has 0 radical (unpaired) electrons. The summed E-state index contributed by atoms with van der Waals surface area (Å²) in [6.07, 6.45) is -1.13. The molecule has 3 rings (SSSR count). The van der Waals surface area contributed by atoms with Crippen LogP contribution in [-0.2, 0) is 29.0 Å². The van der Waals surface area contributed by atoms with E-state index in [1.807, 2.05) is 24.3 Å². The first-order valence-corrected chi connectivity index (χ1v) is 12.8. The molecule has 0 saturated carbocycles. The Labute approximate surface area is 230 Å². The lowest BCUT2D eigenvalue weighted by Gasteiger charge is -2.35. The van der Waals surface area contributed by atoms with Crippen molar-refractivity contribution < 1.29 is 23.5 Å². The number of carbonyl (C=O) groups is 2. The van der Waals surface area contributed by atoms with E-state index >= 15 is 0 Å². The zero-order valence-electron chi connectivity index (χ0n) is 20.8. The normalized spacial score (nSPS) is 12.7. The van der Waals surface area contributed by atoms with Crippen LogP contribution in [0.15, 0.2) is 60.7 Å². The summed E-state index contributed by atoms with van der Waals surface area (Å²) in [5.41, 5.74) is 7.91. The van der Waals surface area contributed by atoms with Gasteiger partial charge in [0.15, 0.2) is 0 Å². The number of primary amides is 1. The monoisotopic (exact) mass is 563 g/mol. The van der Waals surface area contributed by atoms with Crippen LogP contribution in [0.2, 0.25) is 10.0 Å². The molecule has 0 bridgehead atoms. The van der Waals surface area contributed by atoms with Crippen LogP contribution in [0.1, 0.15) is 30.0 Å². The molecule has 202 valence electrons. The van der Waals surface area contributed by atoms with Crippen LogP contribution in [0.5, 0.6) is 0 Å². The molecular formula is C28H29Cl2F2N3O3. The first-order chi connectivity index (χ1) is 18.1. The third-order valence-corrected chi connectivity index (χ3v) is 6.74. The lowest BCUT2D eigenvalue weighted by molar-refractivity contribution is -0.126. The number of aryl methyl sites for hydroxylation is 1. The van der Waals surface area contributed by atoms with Crippen molar-refractivity contribution in [2.24, 2.45) is 5.73 Å². The van der Waals surface area contributed by atoms with Crippen LogP contribution in [-0.4, -0.2) is 35.6 Å². The molecule has 4 N–H and O–H groups in total. The second kappa shape index (κ2) is 13.7. The average Bonchev–Trinajstić information content (AvgIpc) is 2.84. The van der Waals surface area contributed by atoms with Gasteiger partial charge in [-0.25, -0.2) is 8.78 Å². The van der Waals surface area contributed by atoms with E-state index in [1.54, 1.807) is 0 Å². The summed E-state index contributed by atoms with van der Waals surface area (Å²) in [6, 6.07) is 14.3. The summed E-state index contributed by atoms with van der Waals surface area (Å²) in [7, 11) is 0. The SMILES string of the molecule is CCc1cccc(CNC[C@@H](O)[C@H](Cc2cc(F)cc(F)c2)N(C(=O)CC(N)=O)c2ccc(Cl)c(Cl)c2)c1. The van der Waals surface area contributed by atoms with Crippen LogP contribution in [0.3, 0.4) is 0 Å². The molecule has 0 aromatic heterocycles. The minimum atomic E-state index is -1.22. The Morgan fingerprint density at radius 2 is 1.66 bits per heavy atom. The van der Waals surface area contributed by atoms with Gasteiger partial charge >= 0.3 is 0 Å². The van der Waals surface area contributed by atoms with Gasteiger partial charge in [-0.3, -0.25) is 9.59 Å². The number of halogens is 4. The zero-order chi connectivity index (χ0) is 27.8. The van der Waals surface area contributed by atoms with E-state index in [9.17, 15) is 23.5 Å². The summed E-state index contributed by atoms with van der Waals surface area (Å²) in [6.45, 7) is 2.52. The smallest absolute Gasteiger partial charge is 0.236 e. The molecule has 0 fully saturated rings. The molecule has 10 heteroatoms. The topological polar surface area (TPSA) is 95.7 Å². The van der Waals surface area contributed by atoms with Crippen LogP contribution in [0.25, 0.3) is 0 Å². The maximum absolute atomic E-state index is 14.0. The quantitative estimate of drug-likeness (QED) is 0.276. The standard InChI is InChI=1S/C28H29Cl2F2N3O3/c1-2-17-4-3-5-18(8-17)15-34-16-26(36)25(11-19-9-20(31)12-21(32)10-19)35(28(38)14-27(33)37)22-6-7-23(29)24(30)13-22/h3-10,12-13,25-26,34,36H,2,11,14-16H2,1H3,(H2,33,37)/t25-,26+/m0/s1. The molecule has 6 nitrogen and oxygen atoms in total. The third-order valence-electron chi connectivity index (χ3n) is 6.00. The summed E-state index contributed by atoms with van der Waals surface area (Å²) in [5.74, 6) is -3.19. The highest BCUT2D eigenvalue weighted by molar-refractivity contribution is 6.42. The molecule has 0 aliphatic carbocycles. The molecule has 38 heavy (non-hydrogen) atoms. The Morgan fingerprint density at radius 3 is 2.29 bits per heavy atom. The molecule has 0 unspecified atom stereocenters. The number of carbonyl (C=O) groups excluding carboxylic acids is 2. The summed E-state index contributed by atoms with van der Waals surface area (Å²) < 4.78 is 28.0. The van der Waals surface area contributed by atoms with Crippen LogP contribution in [0, 0.1) is 11.6 Å². The van der Waals surface area contributed by atoms with Gasteiger partial charge in [0.25, 0.3) is 0 Å². The van der Waals surface area contributed by atoms with Crippen molar-refractivity contribution in [1.82, 2.24) is 5.32 Å². The van der Waals surface area contributed by atoms with E-state index in [2.05, 4.69) is 12.2 Å². The van der Waals surface area contributed by atoms with E-state index in [1.165, 1.54) is 28.7 Å². The van der Waals surface area contributed by atoms with E-state index in [0.29, 0.717) is 6.54 Å². The Bertz CT molecular complexity index is 1270. The Kier molecular flexibility index (Phi) is 10.6. The van der Waals surface area contributed by atoms with E-state index in [0.717, 1.165) is 30.2 Å². The summed E-state index contributed by atoms with van der Waals surface area (Å²) in [5, 5.41) is 14.9. The maximum Gasteiger partial charge on any atom is 0.236 e. The summed E-state index contributed by atoms with van der Waals surface area (Å²) >= 11 is 12.2. The Morgan fingerprint density at radius 1 is 0.974 bits per heavy atom. The number of aliphatic hydroxyl groups excluding tert-OH is 1. The third kappa shape index (κ3) is 8.23. The van der Waals surface area contributed by atoms with Gasteiger partial charge in [-0.2, -0.15) is 0 Å². The zero-order valence-corrected chi connectivity index (χ0v) is 22.3. The minimum absolute atomic E-state index is 0.0283. The Hall–Kier alpha value is -3.04. The largest absolute Gasteiger partial charge is 0.390 e. The van der Waals surface area contributed by atoms with Gasteiger partial charge in [-0.05, 0) is 59.9 Å². The number of rotatable bonds is 12. The van der Waals surface area contributed by atoms with Crippen molar-refractivity contribution in [2.75, 3.05) is 11.4 Å². The first-order valence-electron chi connectivity index (χ1n) is 12.0. The lowest BCUT2D eigenvalue weighted by Crippen LogP contribution is -2.52. The molecular weight excluding hydrogens is 535 g/mol. The van der Waals surface area contributed by atoms with Gasteiger partial charge < -0.3 is 21.1 Å². The minimum Gasteiger partial charge on any atom is -0.390 e. The number of anilines is 1. The van der Waals surface area contributed by atoms with E-state index in [4.69, 9.17) is 28.9 Å². The molecule has 2 atom stereocenters. The van der Waals surface area contributed by atoms with Crippen LogP contribution >= 0.6 is 23.2 Å². The van der Waals surface area contributed by atoms with Gasteiger partial charge in [0, 0.05) is 24.8 Å². The number of hydrogen-bond donors (Lipinski definition) is 3. The van der Waals surface area contributed by atoms with E-state index in [-0.39, 0.29) is 34.3 Å². The predicted molar refractivity (Wildman–Crippen MR) is 145 cm³/mol. The number of amides is 2. The molecule has 0 aliphatic rings. The van der Waals surface area contributed by atoms with Crippen molar-refractivity contribution in [3.8, 4) is 0 Å². The number of benzene rings is 3. The van der Waals surface area contributed by atoms with Gasteiger partial charge in [-0.1, -0.05) is 54.4 Å². The fourth-order valence-electron chi connectivity index (χ4n) is 4.22. The fourth-order valence-corrected chi connectivity index (χ4v) is 4.51. The molecule has 0 spiro atoms. The number of hydrogen-bond acceptors (Lipinski definition) is 4. The fraction of sp³-hybridized carbons (Fsp3) is 0.286. The molecule has 0 aliphatic heterocycles. The van der Waals surface area contributed by atoms with Gasteiger partial charge in [0.1, 0.15) is 18.1 Å². The molecule has 2 amide bonds. The van der Waals surface area contributed by atoms with Gasteiger partial charge in [0.2, 0.25) is 11.8 Å². The maximum atomic E-state index is 14.0. The second-order valence-corrected chi connectivity index (χ2v) is 9.74. The molecule has 3 aromatic rings. The van der Waals surface area contributed by atoms with Crippen molar-refractivity contribution in [3.05, 3.63) is 99.0 Å². The van der Waals surface area contributed by atoms with E-state index < -0.39 is 42.0 Å². The van der Waals surface area contributed by atoms with Crippen LogP contribution < -0.4 is 16.0 Å². The lowest BCUT2D eigenvalue weighted by atomic mass is 9.97. The number of aliphatic hydroxyl groups is 1. The predicted octanol–water partition coefficient (Wildman–Crippen LogP) is 4.80. The number of nitrogens with zero attached hydrogens (tertiary/aromatic N) is 1. The number of nitrogens with one attached hydrogen (secondary N) is 1. The first kappa shape index (κ1) is 29.5. The molecule has 3 aromatic carbocycles. The molecule has 0 heterocycles. The second-order valence-electron chi connectivity index (χ2n) is 8.93. The summed E-state index contributed by atoms with van der Waals surface area (Å²) in [4.78, 5) is 26.1. The van der Waals surface area contributed by atoms with Crippen molar-refractivity contribution in [2.45, 2.75) is 44.9 Å². The highest BCUT2D eigenvalue weighted by Gasteiger charge is 2.32. The average molecular weight is 564 g/mol. The highest BCUT2D eigenvalue weighted by Crippen LogP contribution is 2.30. The number of nitrogens with two attached hydrogens (primary N) is 1. The highest BCUT2D eigenvalue weighted by atomic mass is 35.5. The molecule has 0 saturated heterocycles. The van der Waals surface area contributed by atoms with Gasteiger partial charge in [0.05, 0.1) is 22.2 Å².